The minimum Gasteiger partial charge on any atom is -0.387 e. The van der Waals surface area contributed by atoms with E-state index in [1.807, 2.05) is 31.3 Å². The van der Waals surface area contributed by atoms with Crippen molar-refractivity contribution in [3.05, 3.63) is 81.4 Å². The molecule has 3 aromatic rings. The molecule has 8 heteroatoms. The van der Waals surface area contributed by atoms with Crippen LogP contribution in [-0.4, -0.2) is 44.2 Å². The summed E-state index contributed by atoms with van der Waals surface area (Å²) < 4.78 is 0. The summed E-state index contributed by atoms with van der Waals surface area (Å²) in [7, 11) is 1.82. The van der Waals surface area contributed by atoms with Gasteiger partial charge in [0, 0.05) is 36.1 Å². The number of fused-ring (bicyclic) bond motifs is 1. The van der Waals surface area contributed by atoms with Gasteiger partial charge >= 0.3 is 0 Å². The summed E-state index contributed by atoms with van der Waals surface area (Å²) in [5.41, 5.74) is 12.2. The third-order valence-electron chi connectivity index (χ3n) is 6.58. The number of halogens is 1. The molecule has 4 rings (SSSR count). The monoisotopic (exact) mass is 481 g/mol. The molecule has 7 nitrogen and oxygen atoms in total. The van der Waals surface area contributed by atoms with E-state index in [9.17, 15) is 9.90 Å². The number of aliphatic hydroxyl groups is 1. The topological polar surface area (TPSA) is 108 Å². The maximum Gasteiger partial charge on any atom is 0.253 e. The van der Waals surface area contributed by atoms with Crippen LogP contribution in [0.3, 0.4) is 0 Å². The molecule has 1 aliphatic rings. The number of nitrogens with one attached hydrogen (secondary N) is 1. The molecular formula is C26H32ClN5O2. The number of aliphatic hydroxyl groups excluding tert-OH is 1. The number of hydrogen-bond donors (Lipinski definition) is 3. The average molecular weight is 482 g/mol. The second-order valence-electron chi connectivity index (χ2n) is 9.11. The number of nitrogens with two attached hydrogens (primary N) is 1. The van der Waals surface area contributed by atoms with Crippen LogP contribution in [0.2, 0.25) is 5.15 Å². The number of aryl methyl sites for hydroxylation is 2. The van der Waals surface area contributed by atoms with Gasteiger partial charge in [-0.15, -0.1) is 0 Å². The lowest BCUT2D eigenvalue weighted by atomic mass is 9.98. The standard InChI is InChI=1S/C26H32ClN5O2/c1-32(16-23-20-6-4-8-22(20)30-31-23)26(34)18-11-9-17(10-12-18)5-2-3-7-21(28)25(33)19-13-14-24(27)29-15-19/h9-15,21,25,33H,2-8,16,28H2,1H3,(H,30,31). The number of carbonyl (C=O) groups excluding carboxylic acids is 1. The van der Waals surface area contributed by atoms with Crippen molar-refractivity contribution in [2.24, 2.45) is 5.73 Å². The maximum atomic E-state index is 12.9. The zero-order valence-corrected chi connectivity index (χ0v) is 20.3. The number of amides is 1. The smallest absolute Gasteiger partial charge is 0.253 e. The first-order chi connectivity index (χ1) is 16.4. The molecule has 0 aliphatic heterocycles. The Morgan fingerprint density at radius 2 is 2.00 bits per heavy atom. The van der Waals surface area contributed by atoms with Crippen LogP contribution in [0.1, 0.15) is 70.2 Å². The van der Waals surface area contributed by atoms with Crippen molar-refractivity contribution in [1.29, 1.82) is 0 Å². The third kappa shape index (κ3) is 5.84. The molecule has 4 N–H and O–H groups in total. The number of H-pyrrole nitrogens is 1. The first-order valence-electron chi connectivity index (χ1n) is 11.9. The zero-order valence-electron chi connectivity index (χ0n) is 19.5. The summed E-state index contributed by atoms with van der Waals surface area (Å²) in [4.78, 5) is 18.6. The number of aromatic amines is 1. The van der Waals surface area contributed by atoms with E-state index in [1.54, 1.807) is 23.2 Å². The molecule has 34 heavy (non-hydrogen) atoms. The average Bonchev–Trinajstić information content (AvgIpc) is 3.47. The van der Waals surface area contributed by atoms with Gasteiger partial charge in [-0.1, -0.05) is 36.2 Å². The molecule has 1 amide bonds. The predicted molar refractivity (Wildman–Crippen MR) is 133 cm³/mol. The van der Waals surface area contributed by atoms with Gasteiger partial charge in [0.05, 0.1) is 18.3 Å². The zero-order chi connectivity index (χ0) is 24.1. The third-order valence-corrected chi connectivity index (χ3v) is 6.80. The van der Waals surface area contributed by atoms with Crippen LogP contribution in [0.15, 0.2) is 42.6 Å². The van der Waals surface area contributed by atoms with E-state index in [2.05, 4.69) is 15.2 Å². The number of rotatable bonds is 10. The van der Waals surface area contributed by atoms with Crippen molar-refractivity contribution < 1.29 is 9.90 Å². The van der Waals surface area contributed by atoms with E-state index in [0.717, 1.165) is 44.2 Å². The van der Waals surface area contributed by atoms with Crippen molar-refractivity contribution in [3.63, 3.8) is 0 Å². The summed E-state index contributed by atoms with van der Waals surface area (Å²) in [5, 5.41) is 18.3. The fraction of sp³-hybridized carbons (Fsp3) is 0.423. The Kier molecular flexibility index (Phi) is 7.98. The Bertz CT molecular complexity index is 1100. The highest BCUT2D eigenvalue weighted by molar-refractivity contribution is 6.29. The summed E-state index contributed by atoms with van der Waals surface area (Å²) in [6.45, 7) is 0.518. The van der Waals surface area contributed by atoms with Crippen molar-refractivity contribution >= 4 is 17.5 Å². The van der Waals surface area contributed by atoms with Gasteiger partial charge in [0.15, 0.2) is 0 Å². The van der Waals surface area contributed by atoms with E-state index in [1.165, 1.54) is 16.8 Å². The van der Waals surface area contributed by atoms with Crippen LogP contribution in [0.25, 0.3) is 0 Å². The molecule has 1 aliphatic carbocycles. The van der Waals surface area contributed by atoms with E-state index in [-0.39, 0.29) is 11.9 Å². The minimum absolute atomic E-state index is 0.00190. The fourth-order valence-electron chi connectivity index (χ4n) is 4.53. The molecule has 2 aromatic heterocycles. The maximum absolute atomic E-state index is 12.9. The number of nitrogens with zero attached hydrogens (tertiary/aromatic N) is 3. The van der Waals surface area contributed by atoms with Crippen molar-refractivity contribution in [2.75, 3.05) is 7.05 Å². The number of benzene rings is 1. The van der Waals surface area contributed by atoms with Gasteiger partial charge in [-0.05, 0) is 67.9 Å². The Morgan fingerprint density at radius 1 is 1.21 bits per heavy atom. The lowest BCUT2D eigenvalue weighted by Gasteiger charge is -2.19. The van der Waals surface area contributed by atoms with Crippen molar-refractivity contribution in [3.8, 4) is 0 Å². The van der Waals surface area contributed by atoms with Gasteiger partial charge in [0.2, 0.25) is 0 Å². The number of unbranched alkanes of at least 4 members (excludes halogenated alkanes) is 1. The van der Waals surface area contributed by atoms with E-state index >= 15 is 0 Å². The largest absolute Gasteiger partial charge is 0.387 e. The lowest BCUT2D eigenvalue weighted by Crippen LogP contribution is -2.28. The normalized spacial score (nSPS) is 14.6. The molecule has 0 fully saturated rings. The lowest BCUT2D eigenvalue weighted by molar-refractivity contribution is 0.0783. The highest BCUT2D eigenvalue weighted by Crippen LogP contribution is 2.24. The van der Waals surface area contributed by atoms with E-state index in [4.69, 9.17) is 17.3 Å². The first kappa shape index (κ1) is 24.4. The van der Waals surface area contributed by atoms with Gasteiger partial charge in [0.25, 0.3) is 5.91 Å². The van der Waals surface area contributed by atoms with Gasteiger partial charge in [-0.3, -0.25) is 9.89 Å². The Hall–Kier alpha value is -2.74. The molecule has 0 radical (unpaired) electrons. The van der Waals surface area contributed by atoms with Crippen LogP contribution in [0, 0.1) is 0 Å². The predicted octanol–water partition coefficient (Wildman–Crippen LogP) is 3.99. The Morgan fingerprint density at radius 3 is 2.74 bits per heavy atom. The number of pyridine rings is 1. The molecule has 0 bridgehead atoms. The van der Waals surface area contributed by atoms with Crippen molar-refractivity contribution in [2.45, 2.75) is 63.6 Å². The van der Waals surface area contributed by atoms with Crippen LogP contribution < -0.4 is 5.73 Å². The van der Waals surface area contributed by atoms with Gasteiger partial charge < -0.3 is 15.7 Å². The highest BCUT2D eigenvalue weighted by atomic mass is 35.5. The van der Waals surface area contributed by atoms with Crippen molar-refractivity contribution in [1.82, 2.24) is 20.1 Å². The minimum atomic E-state index is -0.755. The van der Waals surface area contributed by atoms with Gasteiger partial charge in [0.1, 0.15) is 5.15 Å². The van der Waals surface area contributed by atoms with E-state index < -0.39 is 6.10 Å². The highest BCUT2D eigenvalue weighted by Gasteiger charge is 2.21. The van der Waals surface area contributed by atoms with Crippen LogP contribution in [0.4, 0.5) is 0 Å². The molecule has 2 atom stereocenters. The summed E-state index contributed by atoms with van der Waals surface area (Å²) in [6, 6.07) is 10.9. The molecule has 2 heterocycles. The quantitative estimate of drug-likeness (QED) is 0.299. The van der Waals surface area contributed by atoms with Crippen LogP contribution in [-0.2, 0) is 25.8 Å². The van der Waals surface area contributed by atoms with Gasteiger partial charge in [-0.25, -0.2) is 4.98 Å². The number of hydrogen-bond acceptors (Lipinski definition) is 5. The first-order valence-corrected chi connectivity index (χ1v) is 12.2. The molecule has 0 spiro atoms. The van der Waals surface area contributed by atoms with Gasteiger partial charge in [-0.2, -0.15) is 5.10 Å². The summed E-state index contributed by atoms with van der Waals surface area (Å²) >= 11 is 5.80. The Labute approximate surface area is 205 Å². The Balaban J connectivity index is 1.21. The number of aromatic nitrogens is 3. The SMILES string of the molecule is CN(Cc1n[nH]c2c1CCC2)C(=O)c1ccc(CCCCC(N)C(O)c2ccc(Cl)nc2)cc1. The summed E-state index contributed by atoms with van der Waals surface area (Å²) in [6.07, 6.45) is 7.52. The molecular weight excluding hydrogens is 450 g/mol. The fourth-order valence-corrected chi connectivity index (χ4v) is 4.64. The molecule has 0 saturated carbocycles. The second kappa shape index (κ2) is 11.1. The molecule has 1 aromatic carbocycles. The van der Waals surface area contributed by atoms with E-state index in [0.29, 0.717) is 29.2 Å². The molecule has 2 unspecified atom stereocenters. The van der Waals surface area contributed by atoms with Crippen LogP contribution >= 0.6 is 11.6 Å². The molecule has 180 valence electrons. The second-order valence-corrected chi connectivity index (χ2v) is 9.50. The number of carbonyl (C=O) groups is 1. The summed E-state index contributed by atoms with van der Waals surface area (Å²) in [5.74, 6) is -0.00190. The molecule has 0 saturated heterocycles. The van der Waals surface area contributed by atoms with Crippen LogP contribution in [0.5, 0.6) is 0 Å².